The molecule has 0 spiro atoms. The predicted octanol–water partition coefficient (Wildman–Crippen LogP) is 3.32. The third-order valence-corrected chi connectivity index (χ3v) is 6.04. The average molecular weight is 520 g/mol. The molecule has 8 heteroatoms. The van der Waals surface area contributed by atoms with Crippen LogP contribution in [0.1, 0.15) is 44.2 Å². The highest BCUT2D eigenvalue weighted by Crippen LogP contribution is 2.30. The molecule has 2 saturated heterocycles. The van der Waals surface area contributed by atoms with Crippen LogP contribution in [0.15, 0.2) is 23.2 Å². The van der Waals surface area contributed by atoms with Crippen molar-refractivity contribution in [2.45, 2.75) is 44.2 Å². The van der Waals surface area contributed by atoms with Crippen molar-refractivity contribution in [3.8, 4) is 5.75 Å². The Morgan fingerprint density at radius 3 is 2.59 bits per heavy atom. The Kier molecular flexibility index (Phi) is 9.42. The SMILES string of the molecule is CN=C(NCC1(N2CCCC2)CCOCC1)NC(C)c1ccc(OC)c(F)c1.I. The summed E-state index contributed by atoms with van der Waals surface area (Å²) in [4.78, 5) is 7.00. The maximum absolute atomic E-state index is 14.0. The first-order chi connectivity index (χ1) is 13.6. The Balaban J connectivity index is 0.00000300. The maximum Gasteiger partial charge on any atom is 0.191 e. The topological polar surface area (TPSA) is 58.1 Å². The number of nitrogens with one attached hydrogen (secondary N) is 2. The first-order valence-electron chi connectivity index (χ1n) is 10.2. The van der Waals surface area contributed by atoms with Crippen molar-refractivity contribution in [2.24, 2.45) is 4.99 Å². The van der Waals surface area contributed by atoms with E-state index in [-0.39, 0.29) is 47.1 Å². The molecule has 1 atom stereocenters. The zero-order valence-corrected chi connectivity index (χ0v) is 20.0. The normalized spacial score (nSPS) is 20.6. The lowest BCUT2D eigenvalue weighted by molar-refractivity contribution is -0.0164. The number of hydrogen-bond acceptors (Lipinski definition) is 4. The lowest BCUT2D eigenvalue weighted by Gasteiger charge is -2.45. The molecule has 2 N–H and O–H groups in total. The van der Waals surface area contributed by atoms with E-state index in [0.29, 0.717) is 0 Å². The van der Waals surface area contributed by atoms with Gasteiger partial charge in [0.15, 0.2) is 17.5 Å². The molecule has 3 rings (SSSR count). The Morgan fingerprint density at radius 2 is 2.00 bits per heavy atom. The van der Waals surface area contributed by atoms with E-state index in [1.165, 1.54) is 26.0 Å². The van der Waals surface area contributed by atoms with Gasteiger partial charge in [-0.15, -0.1) is 24.0 Å². The van der Waals surface area contributed by atoms with Gasteiger partial charge in [-0.2, -0.15) is 0 Å². The van der Waals surface area contributed by atoms with Gasteiger partial charge in [-0.05, 0) is 63.4 Å². The molecule has 0 aliphatic carbocycles. The molecule has 6 nitrogen and oxygen atoms in total. The van der Waals surface area contributed by atoms with Gasteiger partial charge in [-0.3, -0.25) is 9.89 Å². The van der Waals surface area contributed by atoms with Crippen molar-refractivity contribution in [3.05, 3.63) is 29.6 Å². The number of rotatable bonds is 6. The first-order valence-corrected chi connectivity index (χ1v) is 10.2. The van der Waals surface area contributed by atoms with Crippen LogP contribution < -0.4 is 15.4 Å². The van der Waals surface area contributed by atoms with E-state index in [1.807, 2.05) is 13.0 Å². The standard InChI is InChI=1S/C21H33FN4O2.HI/c1-16(17-6-7-19(27-3)18(22)14-17)25-20(23-2)24-15-21(8-12-28-13-9-21)26-10-4-5-11-26;/h6-7,14,16H,4-5,8-13,15H2,1-3H3,(H2,23,24,25);1H. The van der Waals surface area contributed by atoms with Crippen molar-refractivity contribution in [2.75, 3.05) is 47.0 Å². The highest BCUT2D eigenvalue weighted by molar-refractivity contribution is 14.0. The summed E-state index contributed by atoms with van der Waals surface area (Å²) in [5.74, 6) is 0.631. The Hall–Kier alpha value is -1.13. The minimum Gasteiger partial charge on any atom is -0.494 e. The van der Waals surface area contributed by atoms with E-state index < -0.39 is 0 Å². The van der Waals surface area contributed by atoms with Crippen molar-refractivity contribution in [1.29, 1.82) is 0 Å². The summed E-state index contributed by atoms with van der Waals surface area (Å²) in [5, 5.41) is 6.89. The predicted molar refractivity (Wildman–Crippen MR) is 125 cm³/mol. The first kappa shape index (κ1) is 24.1. The van der Waals surface area contributed by atoms with Crippen LogP contribution in [0.4, 0.5) is 4.39 Å². The summed E-state index contributed by atoms with van der Waals surface area (Å²) >= 11 is 0. The fourth-order valence-electron chi connectivity index (χ4n) is 4.23. The monoisotopic (exact) mass is 520 g/mol. The number of methoxy groups -OCH3 is 1. The molecule has 1 aromatic carbocycles. The van der Waals surface area contributed by atoms with E-state index in [2.05, 4.69) is 20.5 Å². The molecule has 2 aliphatic heterocycles. The number of benzene rings is 1. The van der Waals surface area contributed by atoms with E-state index in [9.17, 15) is 4.39 Å². The summed E-state index contributed by atoms with van der Waals surface area (Å²) < 4.78 is 24.7. The van der Waals surface area contributed by atoms with Crippen molar-refractivity contribution < 1.29 is 13.9 Å². The maximum atomic E-state index is 14.0. The molecule has 29 heavy (non-hydrogen) atoms. The number of nitrogens with zero attached hydrogens (tertiary/aromatic N) is 2. The molecule has 2 aliphatic rings. The molecule has 1 unspecified atom stereocenters. The lowest BCUT2D eigenvalue weighted by atomic mass is 9.88. The summed E-state index contributed by atoms with van der Waals surface area (Å²) in [6, 6.07) is 4.96. The van der Waals surface area contributed by atoms with Gasteiger partial charge in [0, 0.05) is 32.3 Å². The van der Waals surface area contributed by atoms with Crippen LogP contribution >= 0.6 is 24.0 Å². The van der Waals surface area contributed by atoms with Gasteiger partial charge >= 0.3 is 0 Å². The fraction of sp³-hybridized carbons (Fsp3) is 0.667. The molecule has 0 radical (unpaired) electrons. The zero-order valence-electron chi connectivity index (χ0n) is 17.7. The Labute approximate surface area is 190 Å². The number of hydrogen-bond donors (Lipinski definition) is 2. The molecular weight excluding hydrogens is 486 g/mol. The van der Waals surface area contributed by atoms with Gasteiger partial charge in [0.1, 0.15) is 0 Å². The van der Waals surface area contributed by atoms with E-state index in [0.717, 1.165) is 57.2 Å². The highest BCUT2D eigenvalue weighted by Gasteiger charge is 2.39. The molecule has 164 valence electrons. The van der Waals surface area contributed by atoms with Gasteiger partial charge in [-0.1, -0.05) is 6.07 Å². The molecule has 2 fully saturated rings. The summed E-state index contributed by atoms with van der Waals surface area (Å²) in [6.07, 6.45) is 4.62. The quantitative estimate of drug-likeness (QED) is 0.343. The molecule has 0 bridgehead atoms. The van der Waals surface area contributed by atoms with Crippen LogP contribution in [-0.2, 0) is 4.74 Å². The molecular formula is C21H34FIN4O2. The second-order valence-electron chi connectivity index (χ2n) is 7.72. The fourth-order valence-corrected chi connectivity index (χ4v) is 4.23. The molecule has 2 heterocycles. The van der Waals surface area contributed by atoms with Gasteiger partial charge in [0.2, 0.25) is 0 Å². The van der Waals surface area contributed by atoms with E-state index in [1.54, 1.807) is 13.1 Å². The molecule has 0 aromatic heterocycles. The van der Waals surface area contributed by atoms with Gasteiger partial charge in [0.05, 0.1) is 13.2 Å². The van der Waals surface area contributed by atoms with E-state index >= 15 is 0 Å². The molecule has 0 saturated carbocycles. The zero-order chi connectivity index (χ0) is 20.0. The number of aliphatic imine (C=N–C) groups is 1. The smallest absolute Gasteiger partial charge is 0.191 e. The second-order valence-corrected chi connectivity index (χ2v) is 7.72. The van der Waals surface area contributed by atoms with Crippen LogP contribution in [0.2, 0.25) is 0 Å². The molecule has 1 aromatic rings. The lowest BCUT2D eigenvalue weighted by Crippen LogP contribution is -2.58. The van der Waals surface area contributed by atoms with Gasteiger partial charge in [-0.25, -0.2) is 4.39 Å². The third-order valence-electron chi connectivity index (χ3n) is 6.04. The molecule has 0 amide bonds. The number of guanidine groups is 1. The van der Waals surface area contributed by atoms with Crippen LogP contribution in [0.5, 0.6) is 5.75 Å². The summed E-state index contributed by atoms with van der Waals surface area (Å²) in [5.41, 5.74) is 0.975. The number of halogens is 2. The summed E-state index contributed by atoms with van der Waals surface area (Å²) in [6.45, 7) is 6.78. The number of ether oxygens (including phenoxy) is 2. The van der Waals surface area contributed by atoms with Crippen LogP contribution in [0, 0.1) is 5.82 Å². The Morgan fingerprint density at radius 1 is 1.31 bits per heavy atom. The van der Waals surface area contributed by atoms with Gasteiger partial charge < -0.3 is 20.1 Å². The van der Waals surface area contributed by atoms with Gasteiger partial charge in [0.25, 0.3) is 0 Å². The average Bonchev–Trinajstić information content (AvgIpc) is 3.27. The van der Waals surface area contributed by atoms with Crippen LogP contribution in [0.3, 0.4) is 0 Å². The minimum absolute atomic E-state index is 0. The minimum atomic E-state index is -0.355. The largest absolute Gasteiger partial charge is 0.494 e. The van der Waals surface area contributed by atoms with Crippen molar-refractivity contribution in [1.82, 2.24) is 15.5 Å². The second kappa shape index (κ2) is 11.3. The van der Waals surface area contributed by atoms with Crippen molar-refractivity contribution >= 4 is 29.9 Å². The highest BCUT2D eigenvalue weighted by atomic mass is 127. The third kappa shape index (κ3) is 5.95. The summed E-state index contributed by atoms with van der Waals surface area (Å²) in [7, 11) is 3.24. The van der Waals surface area contributed by atoms with Crippen molar-refractivity contribution in [3.63, 3.8) is 0 Å². The van der Waals surface area contributed by atoms with Crippen LogP contribution in [0.25, 0.3) is 0 Å². The van der Waals surface area contributed by atoms with E-state index in [4.69, 9.17) is 9.47 Å². The number of likely N-dealkylation sites (tertiary alicyclic amines) is 1. The Bertz CT molecular complexity index is 677. The van der Waals surface area contributed by atoms with Crippen LogP contribution in [-0.4, -0.2) is 63.4 Å².